The summed E-state index contributed by atoms with van der Waals surface area (Å²) in [4.78, 5) is 4.71. The highest BCUT2D eigenvalue weighted by atomic mass is 16.5. The number of methoxy groups -OCH3 is 1. The first-order chi connectivity index (χ1) is 10.9. The topological polar surface area (TPSA) is 58.8 Å². The largest absolute Gasteiger partial charge is 0.469 e. The van der Waals surface area contributed by atoms with Crippen molar-refractivity contribution in [3.63, 3.8) is 0 Å². The molecule has 2 unspecified atom stereocenters. The second-order valence-electron chi connectivity index (χ2n) is 6.99. The van der Waals surface area contributed by atoms with Gasteiger partial charge in [-0.3, -0.25) is 4.99 Å². The lowest BCUT2D eigenvalue weighted by Crippen LogP contribution is -2.43. The van der Waals surface area contributed by atoms with Crippen LogP contribution in [-0.4, -0.2) is 38.3 Å². The number of nitrogens with one attached hydrogen (secondary N) is 2. The van der Waals surface area contributed by atoms with Crippen LogP contribution < -0.4 is 10.6 Å². The van der Waals surface area contributed by atoms with Crippen molar-refractivity contribution in [1.82, 2.24) is 10.6 Å². The Morgan fingerprint density at radius 2 is 2.13 bits per heavy atom. The maximum atomic E-state index is 5.58. The molecule has 1 aromatic rings. The fourth-order valence-electron chi connectivity index (χ4n) is 2.12. The Morgan fingerprint density at radius 1 is 1.39 bits per heavy atom. The molecule has 1 heterocycles. The van der Waals surface area contributed by atoms with Gasteiger partial charge in [-0.15, -0.1) is 0 Å². The zero-order valence-corrected chi connectivity index (χ0v) is 15.5. The molecule has 0 spiro atoms. The molecule has 0 aliphatic heterocycles. The van der Waals surface area contributed by atoms with Crippen molar-refractivity contribution in [1.29, 1.82) is 0 Å². The summed E-state index contributed by atoms with van der Waals surface area (Å²) in [5, 5.41) is 6.81. The van der Waals surface area contributed by atoms with Crippen LogP contribution in [0, 0.1) is 5.41 Å². The first kappa shape index (κ1) is 19.6. The van der Waals surface area contributed by atoms with Gasteiger partial charge in [0.2, 0.25) is 0 Å². The molecular weight excluding hydrogens is 290 g/mol. The Kier molecular flexibility index (Phi) is 8.17. The van der Waals surface area contributed by atoms with Crippen LogP contribution in [0.3, 0.4) is 0 Å². The van der Waals surface area contributed by atoms with Crippen LogP contribution >= 0.6 is 0 Å². The molecule has 1 aromatic heterocycles. The number of hydrogen-bond acceptors (Lipinski definition) is 3. The Bertz CT molecular complexity index is 449. The van der Waals surface area contributed by atoms with E-state index in [2.05, 4.69) is 45.3 Å². The van der Waals surface area contributed by atoms with Crippen LogP contribution in [0.5, 0.6) is 0 Å². The van der Waals surface area contributed by atoms with Crippen LogP contribution in [0.15, 0.2) is 27.8 Å². The predicted molar refractivity (Wildman–Crippen MR) is 95.9 cm³/mol. The third-order valence-corrected chi connectivity index (χ3v) is 3.91. The van der Waals surface area contributed by atoms with E-state index in [-0.39, 0.29) is 11.5 Å². The first-order valence-corrected chi connectivity index (χ1v) is 8.46. The molecule has 5 nitrogen and oxygen atoms in total. The van der Waals surface area contributed by atoms with E-state index in [0.29, 0.717) is 12.6 Å². The number of hydrogen-bond donors (Lipinski definition) is 2. The van der Waals surface area contributed by atoms with Crippen molar-refractivity contribution in [3.8, 4) is 0 Å². The summed E-state index contributed by atoms with van der Waals surface area (Å²) in [6.07, 6.45) is 3.67. The van der Waals surface area contributed by atoms with E-state index in [4.69, 9.17) is 14.1 Å². The summed E-state index contributed by atoms with van der Waals surface area (Å²) in [6.45, 7) is 12.2. The molecular formula is C18H33N3O2. The van der Waals surface area contributed by atoms with E-state index < -0.39 is 0 Å². The Hall–Kier alpha value is -1.49. The fourth-order valence-corrected chi connectivity index (χ4v) is 2.12. The van der Waals surface area contributed by atoms with Crippen molar-refractivity contribution in [3.05, 3.63) is 24.2 Å². The average molecular weight is 323 g/mol. The van der Waals surface area contributed by atoms with Gasteiger partial charge >= 0.3 is 0 Å². The molecule has 0 bridgehead atoms. The molecule has 2 atom stereocenters. The lowest BCUT2D eigenvalue weighted by Gasteiger charge is -2.28. The van der Waals surface area contributed by atoms with Crippen molar-refractivity contribution in [2.75, 3.05) is 20.2 Å². The minimum absolute atomic E-state index is 0.0634. The minimum Gasteiger partial charge on any atom is -0.469 e. The molecule has 0 aromatic carbocycles. The van der Waals surface area contributed by atoms with Crippen LogP contribution in [0.25, 0.3) is 0 Å². The highest BCUT2D eigenvalue weighted by molar-refractivity contribution is 5.80. The van der Waals surface area contributed by atoms with E-state index in [9.17, 15) is 0 Å². The normalized spacial score (nSPS) is 15.3. The highest BCUT2D eigenvalue weighted by Gasteiger charge is 2.24. The van der Waals surface area contributed by atoms with Gasteiger partial charge in [0.1, 0.15) is 5.76 Å². The molecule has 1 rings (SSSR count). The van der Waals surface area contributed by atoms with E-state index in [1.807, 2.05) is 12.1 Å². The van der Waals surface area contributed by atoms with Crippen molar-refractivity contribution in [2.45, 2.75) is 59.6 Å². The molecule has 0 radical (unpaired) electrons. The average Bonchev–Trinajstić information content (AvgIpc) is 2.99. The molecule has 0 saturated carbocycles. The lowest BCUT2D eigenvalue weighted by atomic mass is 9.89. The molecule has 0 aliphatic rings. The number of guanidine groups is 1. The smallest absolute Gasteiger partial charge is 0.191 e. The first-order valence-electron chi connectivity index (χ1n) is 8.46. The van der Waals surface area contributed by atoms with Gasteiger partial charge in [-0.05, 0) is 30.9 Å². The monoisotopic (exact) mass is 323 g/mol. The third-order valence-electron chi connectivity index (χ3n) is 3.91. The lowest BCUT2D eigenvalue weighted by molar-refractivity contribution is 0.0241. The molecule has 0 amide bonds. The summed E-state index contributed by atoms with van der Waals surface area (Å²) >= 11 is 0. The van der Waals surface area contributed by atoms with Gasteiger partial charge in [-0.1, -0.05) is 27.7 Å². The summed E-state index contributed by atoms with van der Waals surface area (Å²) in [5.74, 6) is 1.81. The van der Waals surface area contributed by atoms with Crippen LogP contribution in [-0.2, 0) is 11.2 Å². The van der Waals surface area contributed by atoms with Crippen LogP contribution in [0.1, 0.15) is 46.8 Å². The van der Waals surface area contributed by atoms with Crippen molar-refractivity contribution in [2.24, 2.45) is 10.4 Å². The van der Waals surface area contributed by atoms with E-state index in [1.165, 1.54) is 0 Å². The molecule has 2 N–H and O–H groups in total. The van der Waals surface area contributed by atoms with Crippen LogP contribution in [0.4, 0.5) is 0 Å². The third kappa shape index (κ3) is 7.55. The van der Waals surface area contributed by atoms with Gasteiger partial charge < -0.3 is 19.8 Å². The molecule has 0 fully saturated rings. The van der Waals surface area contributed by atoms with Gasteiger partial charge in [-0.2, -0.15) is 0 Å². The van der Waals surface area contributed by atoms with Crippen molar-refractivity contribution < 1.29 is 9.15 Å². The molecule has 132 valence electrons. The zero-order chi connectivity index (χ0) is 17.3. The number of ether oxygens (including phenoxy) is 1. The molecule has 23 heavy (non-hydrogen) atoms. The van der Waals surface area contributed by atoms with Gasteiger partial charge in [0.15, 0.2) is 5.96 Å². The molecule has 0 saturated heterocycles. The van der Waals surface area contributed by atoms with Gasteiger partial charge in [-0.25, -0.2) is 0 Å². The molecule has 5 heteroatoms. The van der Waals surface area contributed by atoms with E-state index in [1.54, 1.807) is 13.4 Å². The number of furan rings is 1. The number of aliphatic imine (C=N–C) groups is 1. The number of nitrogens with zero attached hydrogens (tertiary/aromatic N) is 1. The van der Waals surface area contributed by atoms with E-state index in [0.717, 1.165) is 31.1 Å². The quantitative estimate of drug-likeness (QED) is 0.570. The highest BCUT2D eigenvalue weighted by Crippen LogP contribution is 2.21. The Balaban J connectivity index is 2.60. The summed E-state index contributed by atoms with van der Waals surface area (Å²) in [6, 6.07) is 4.27. The van der Waals surface area contributed by atoms with E-state index >= 15 is 0 Å². The minimum atomic E-state index is 0.0634. The zero-order valence-electron chi connectivity index (χ0n) is 15.5. The van der Waals surface area contributed by atoms with Crippen LogP contribution in [0.2, 0.25) is 0 Å². The maximum absolute atomic E-state index is 5.58. The maximum Gasteiger partial charge on any atom is 0.191 e. The second kappa shape index (κ2) is 9.60. The predicted octanol–water partition coefficient (Wildman–Crippen LogP) is 3.22. The fraction of sp³-hybridized carbons (Fsp3) is 0.722. The van der Waals surface area contributed by atoms with Gasteiger partial charge in [0.25, 0.3) is 0 Å². The second-order valence-corrected chi connectivity index (χ2v) is 6.99. The van der Waals surface area contributed by atoms with Gasteiger partial charge in [0.05, 0.1) is 18.9 Å². The standard InChI is InChI=1S/C18H33N3O2/c1-7-14(2)21-17(19-11-10-15-9-8-12-23-15)20-13-16(22-6)18(3,4)5/h8-9,12,14,16H,7,10-11,13H2,1-6H3,(H2,19,20,21). The summed E-state index contributed by atoms with van der Waals surface area (Å²) in [7, 11) is 1.75. The Morgan fingerprint density at radius 3 is 2.65 bits per heavy atom. The summed E-state index contributed by atoms with van der Waals surface area (Å²) < 4.78 is 10.9. The number of rotatable bonds is 8. The molecule has 0 aliphatic carbocycles. The Labute approximate surface area is 140 Å². The van der Waals surface area contributed by atoms with Crippen molar-refractivity contribution >= 4 is 5.96 Å². The summed E-state index contributed by atoms with van der Waals surface area (Å²) in [5.41, 5.74) is 0.0634. The SMILES string of the molecule is CCC(C)NC(=NCC(OC)C(C)(C)C)NCCc1ccco1. The van der Waals surface area contributed by atoms with Gasteiger partial charge in [0, 0.05) is 26.1 Å².